The van der Waals surface area contributed by atoms with Crippen LogP contribution >= 0.6 is 15.6 Å². The summed E-state index contributed by atoms with van der Waals surface area (Å²) in [5.74, 6) is -2.31. The van der Waals surface area contributed by atoms with Crippen LogP contribution in [-0.4, -0.2) is 96.7 Å². The van der Waals surface area contributed by atoms with Crippen molar-refractivity contribution in [2.24, 2.45) is 0 Å². The summed E-state index contributed by atoms with van der Waals surface area (Å²) in [6, 6.07) is 0. The Hall–Kier alpha value is -5.06. The van der Waals surface area contributed by atoms with Crippen LogP contribution in [0.4, 0.5) is 0 Å². The Kier molecular flexibility index (Phi) is 70.5. The second kappa shape index (κ2) is 74.2. The number of allylic oxidation sites excluding steroid dienone is 24. The second-order valence-electron chi connectivity index (χ2n) is 25.5. The van der Waals surface area contributed by atoms with Gasteiger partial charge in [-0.15, -0.1) is 0 Å². The first-order valence-corrected chi connectivity index (χ1v) is 42.1. The molecule has 102 heavy (non-hydrogen) atoms. The van der Waals surface area contributed by atoms with Gasteiger partial charge in [0.05, 0.1) is 26.4 Å². The topological polar surface area (TPSA) is 237 Å². The first kappa shape index (κ1) is 96.9. The predicted octanol–water partition coefficient (Wildman–Crippen LogP) is 22.7. The second-order valence-corrected chi connectivity index (χ2v) is 28.4. The molecule has 5 atom stereocenters. The Balaban J connectivity index is 5.44. The maximum atomic E-state index is 13.1. The van der Waals surface area contributed by atoms with Crippen LogP contribution in [0, 0.1) is 0 Å². The van der Waals surface area contributed by atoms with E-state index in [1.165, 1.54) is 25.7 Å². The molecule has 0 saturated carbocycles. The van der Waals surface area contributed by atoms with Gasteiger partial charge in [0.2, 0.25) is 0 Å². The van der Waals surface area contributed by atoms with Gasteiger partial charge in [-0.1, -0.05) is 270 Å². The average Bonchev–Trinajstić information content (AvgIpc) is 0.923. The van der Waals surface area contributed by atoms with Crippen LogP contribution in [0.5, 0.6) is 0 Å². The minimum atomic E-state index is -5.00. The van der Waals surface area contributed by atoms with Crippen molar-refractivity contribution in [1.29, 1.82) is 0 Å². The summed E-state index contributed by atoms with van der Waals surface area (Å²) >= 11 is 0. The summed E-state index contributed by atoms with van der Waals surface area (Å²) in [5.41, 5.74) is 0. The van der Waals surface area contributed by atoms with Gasteiger partial charge >= 0.3 is 39.5 Å². The molecular formula is C83H138O17P2. The number of esters is 4. The summed E-state index contributed by atoms with van der Waals surface area (Å²) in [6.07, 6.45) is 84.2. The summed E-state index contributed by atoms with van der Waals surface area (Å²) in [4.78, 5) is 72.9. The van der Waals surface area contributed by atoms with E-state index in [9.17, 15) is 43.2 Å². The lowest BCUT2D eigenvalue weighted by Gasteiger charge is -2.21. The summed E-state index contributed by atoms with van der Waals surface area (Å²) in [7, 11) is -9.99. The van der Waals surface area contributed by atoms with Crippen LogP contribution < -0.4 is 0 Å². The van der Waals surface area contributed by atoms with Crippen molar-refractivity contribution in [3.63, 3.8) is 0 Å². The number of carbonyl (C=O) groups excluding carboxylic acids is 4. The average molecular weight is 1470 g/mol. The number of ether oxygens (including phenoxy) is 4. The molecule has 0 aromatic heterocycles. The zero-order chi connectivity index (χ0) is 74.6. The molecular weight excluding hydrogens is 1330 g/mol. The molecule has 0 fully saturated rings. The lowest BCUT2D eigenvalue weighted by atomic mass is 10.1. The molecule has 0 heterocycles. The normalized spacial score (nSPS) is 14.7. The lowest BCUT2D eigenvalue weighted by molar-refractivity contribution is -0.161. The van der Waals surface area contributed by atoms with Crippen LogP contribution in [0.15, 0.2) is 146 Å². The van der Waals surface area contributed by atoms with Crippen LogP contribution in [0.25, 0.3) is 0 Å². The number of hydrogen-bond donors (Lipinski definition) is 3. The molecule has 0 radical (unpaired) electrons. The number of hydrogen-bond acceptors (Lipinski definition) is 15. The van der Waals surface area contributed by atoms with Crippen molar-refractivity contribution in [3.8, 4) is 0 Å². The van der Waals surface area contributed by atoms with Crippen LogP contribution in [0.1, 0.15) is 297 Å². The van der Waals surface area contributed by atoms with Gasteiger partial charge in [-0.05, 0) is 148 Å². The SMILES string of the molecule is CC/C=C\C/C=C\C/C=C\C/C=C\C/C=C\C/C=C\CCC(=O)OCC(COP(=O)(O)OCC(O)COP(=O)(O)OCC(COC(=O)CCCCCCC/C=C\C/C=C\CCC)OC(=O)CCCCCCC/C=C\CCCCCC)OC(=O)CCCCCCCCC/C=C\C/C=C\C/C=C\CC. The number of phosphoric ester groups is 2. The molecule has 0 spiro atoms. The van der Waals surface area contributed by atoms with E-state index in [0.717, 1.165) is 186 Å². The minimum Gasteiger partial charge on any atom is -0.462 e. The smallest absolute Gasteiger partial charge is 0.462 e. The van der Waals surface area contributed by atoms with Crippen LogP contribution in [0.2, 0.25) is 0 Å². The molecule has 0 aromatic rings. The zero-order valence-electron chi connectivity index (χ0n) is 63.5. The van der Waals surface area contributed by atoms with Crippen molar-refractivity contribution in [3.05, 3.63) is 146 Å². The van der Waals surface area contributed by atoms with E-state index in [1.54, 1.807) is 0 Å². The molecule has 0 aromatic carbocycles. The van der Waals surface area contributed by atoms with Gasteiger partial charge in [-0.2, -0.15) is 0 Å². The van der Waals surface area contributed by atoms with E-state index in [2.05, 4.69) is 155 Å². The van der Waals surface area contributed by atoms with Crippen molar-refractivity contribution in [1.82, 2.24) is 0 Å². The van der Waals surface area contributed by atoms with Crippen LogP contribution in [0.3, 0.4) is 0 Å². The molecule has 5 unspecified atom stereocenters. The lowest BCUT2D eigenvalue weighted by Crippen LogP contribution is -2.30. The van der Waals surface area contributed by atoms with E-state index in [4.69, 9.17) is 37.0 Å². The zero-order valence-corrected chi connectivity index (χ0v) is 65.3. The number of phosphoric acid groups is 2. The first-order valence-electron chi connectivity index (χ1n) is 39.1. The number of rotatable bonds is 72. The van der Waals surface area contributed by atoms with E-state index >= 15 is 0 Å². The molecule has 0 rings (SSSR count). The molecule has 0 aliphatic rings. The van der Waals surface area contributed by atoms with Gasteiger partial charge in [-0.3, -0.25) is 37.3 Å². The Bertz CT molecular complexity index is 2510. The molecule has 17 nitrogen and oxygen atoms in total. The number of carbonyl (C=O) groups is 4. The van der Waals surface area contributed by atoms with Crippen molar-refractivity contribution < 1.29 is 80.2 Å². The van der Waals surface area contributed by atoms with Gasteiger partial charge in [-0.25, -0.2) is 9.13 Å². The number of aliphatic hydroxyl groups excluding tert-OH is 1. The van der Waals surface area contributed by atoms with E-state index in [0.29, 0.717) is 32.1 Å². The first-order chi connectivity index (χ1) is 49.7. The standard InChI is InChI=1S/C83H138O17P2/c1-5-9-13-17-21-25-29-33-35-37-38-40-41-45-48-52-56-60-64-68-81(86)94-74-79(100-83(88)70-66-62-58-54-50-46-42-39-36-34-30-26-22-18-14-10-6-2)76-98-102(91,92)96-72-77(84)71-95-101(89,90)97-75-78(99-82(87)69-65-61-57-53-49-44-32-28-24-20-16-12-8-4)73-93-80(85)67-63-59-55-51-47-43-31-27-23-19-15-11-7-3/h9-10,13-15,19,21-22,25-28,31-36,38,40,45,48,56,60,77-79,84H,5-8,11-12,16-18,20,23-24,29-30,37,39,41-44,46-47,49-55,57-59,61-76H2,1-4H3,(H,89,90)(H,91,92)/b13-9-,14-10-,19-15-,25-21-,26-22-,31-27-,32-28-,35-33-,36-34-,40-38-,48-45-,60-56-. The highest BCUT2D eigenvalue weighted by atomic mass is 31.2. The maximum Gasteiger partial charge on any atom is 0.472 e. The fraction of sp³-hybridized carbons (Fsp3) is 0.663. The minimum absolute atomic E-state index is 0.0296. The summed E-state index contributed by atoms with van der Waals surface area (Å²) in [6.45, 7) is 4.44. The largest absolute Gasteiger partial charge is 0.472 e. The Morgan fingerprint density at radius 1 is 0.284 bits per heavy atom. The molecule has 582 valence electrons. The van der Waals surface area contributed by atoms with Gasteiger partial charge in [0.25, 0.3) is 0 Å². The predicted molar refractivity (Wildman–Crippen MR) is 417 cm³/mol. The van der Waals surface area contributed by atoms with Crippen molar-refractivity contribution in [2.45, 2.75) is 316 Å². The molecule has 3 N–H and O–H groups in total. The van der Waals surface area contributed by atoms with Crippen molar-refractivity contribution >= 4 is 39.5 Å². The molecule has 0 amide bonds. The summed E-state index contributed by atoms with van der Waals surface area (Å²) < 4.78 is 68.4. The van der Waals surface area contributed by atoms with Gasteiger partial charge in [0.1, 0.15) is 19.3 Å². The fourth-order valence-electron chi connectivity index (χ4n) is 9.88. The summed E-state index contributed by atoms with van der Waals surface area (Å²) in [5, 5.41) is 10.6. The monoisotopic (exact) mass is 1470 g/mol. The Morgan fingerprint density at radius 3 is 0.892 bits per heavy atom. The molecule has 0 aliphatic carbocycles. The highest BCUT2D eigenvalue weighted by Crippen LogP contribution is 2.45. The van der Waals surface area contributed by atoms with Gasteiger partial charge in [0.15, 0.2) is 12.2 Å². The fourth-order valence-corrected chi connectivity index (χ4v) is 11.5. The third-order valence-electron chi connectivity index (χ3n) is 15.8. The van der Waals surface area contributed by atoms with Gasteiger partial charge in [0, 0.05) is 25.7 Å². The molecule has 0 aliphatic heterocycles. The van der Waals surface area contributed by atoms with E-state index in [1.807, 2.05) is 18.2 Å². The van der Waals surface area contributed by atoms with Gasteiger partial charge < -0.3 is 33.8 Å². The third-order valence-corrected chi connectivity index (χ3v) is 17.7. The van der Waals surface area contributed by atoms with Crippen molar-refractivity contribution in [2.75, 3.05) is 39.6 Å². The Labute approximate surface area is 617 Å². The molecule has 0 bridgehead atoms. The van der Waals surface area contributed by atoms with E-state index in [-0.39, 0.29) is 25.7 Å². The quantitative estimate of drug-likeness (QED) is 0.0169. The number of aliphatic hydroxyl groups is 1. The Morgan fingerprint density at radius 2 is 0.549 bits per heavy atom. The van der Waals surface area contributed by atoms with Crippen LogP contribution in [-0.2, 0) is 65.4 Å². The highest BCUT2D eigenvalue weighted by molar-refractivity contribution is 7.47. The molecule has 19 heteroatoms. The highest BCUT2D eigenvalue weighted by Gasteiger charge is 2.30. The van der Waals surface area contributed by atoms with E-state index < -0.39 is 97.5 Å². The molecule has 0 saturated heterocycles. The maximum absolute atomic E-state index is 13.1. The third kappa shape index (κ3) is 73.3. The number of unbranched alkanes of at least 4 members (excludes halogenated alkanes) is 22.